The van der Waals surface area contributed by atoms with E-state index in [4.69, 9.17) is 10.5 Å². The minimum absolute atomic E-state index is 0.120. The summed E-state index contributed by atoms with van der Waals surface area (Å²) in [6.45, 7) is 4.22. The highest BCUT2D eigenvalue weighted by Gasteiger charge is 2.21. The number of hydrogen-bond acceptors (Lipinski definition) is 7. The van der Waals surface area contributed by atoms with Gasteiger partial charge >= 0.3 is 0 Å². The summed E-state index contributed by atoms with van der Waals surface area (Å²) in [5, 5.41) is 9.86. The Labute approximate surface area is 164 Å². The van der Waals surface area contributed by atoms with E-state index in [1.165, 1.54) is 5.56 Å². The first kappa shape index (κ1) is 18.8. The molecule has 1 aromatic carbocycles. The Kier molecular flexibility index (Phi) is 5.80. The van der Waals surface area contributed by atoms with Crippen molar-refractivity contribution in [3.63, 3.8) is 0 Å². The second-order valence-electron chi connectivity index (χ2n) is 7.19. The van der Waals surface area contributed by atoms with E-state index in [2.05, 4.69) is 38.1 Å². The molecule has 2 aliphatic heterocycles. The number of carbonyl (C=O) groups is 1. The number of nitrogens with two attached hydrogens (primary N) is 1. The van der Waals surface area contributed by atoms with Crippen molar-refractivity contribution < 1.29 is 9.53 Å². The Hall–Kier alpha value is -2.55. The van der Waals surface area contributed by atoms with Crippen LogP contribution in [-0.2, 0) is 4.74 Å². The van der Waals surface area contributed by atoms with E-state index < -0.39 is 5.91 Å². The van der Waals surface area contributed by atoms with E-state index in [-0.39, 0.29) is 11.8 Å². The number of hydrogen-bond donors (Lipinski definition) is 4. The van der Waals surface area contributed by atoms with Crippen molar-refractivity contribution in [3.8, 4) is 0 Å². The molecule has 0 aliphatic carbocycles. The van der Waals surface area contributed by atoms with Crippen LogP contribution in [0.2, 0.25) is 0 Å². The molecule has 2 aliphatic rings. The fourth-order valence-electron chi connectivity index (χ4n) is 3.71. The van der Waals surface area contributed by atoms with Crippen molar-refractivity contribution in [2.45, 2.75) is 24.9 Å². The fourth-order valence-corrected chi connectivity index (χ4v) is 3.71. The van der Waals surface area contributed by atoms with Crippen LogP contribution in [0.15, 0.2) is 30.5 Å². The molecule has 1 unspecified atom stereocenters. The number of nitrogens with one attached hydrogen (secondary N) is 3. The number of aromatic nitrogens is 2. The van der Waals surface area contributed by atoms with Crippen LogP contribution >= 0.6 is 0 Å². The number of rotatable bonds is 5. The zero-order valence-corrected chi connectivity index (χ0v) is 15.8. The third kappa shape index (κ3) is 4.30. The maximum Gasteiger partial charge on any atom is 0.271 e. The first-order valence-corrected chi connectivity index (χ1v) is 9.77. The number of piperidine rings is 1. The summed E-state index contributed by atoms with van der Waals surface area (Å²) in [6, 6.07) is 8.28. The van der Waals surface area contributed by atoms with Crippen LogP contribution < -0.4 is 21.7 Å². The zero-order chi connectivity index (χ0) is 19.3. The zero-order valence-electron chi connectivity index (χ0n) is 15.8. The van der Waals surface area contributed by atoms with E-state index in [1.807, 2.05) is 12.1 Å². The topological polar surface area (TPSA) is 114 Å². The minimum Gasteiger partial charge on any atom is -0.369 e. The highest BCUT2D eigenvalue weighted by molar-refractivity contribution is 5.96. The quantitative estimate of drug-likeness (QED) is 0.619. The molecule has 0 spiro atoms. The second-order valence-corrected chi connectivity index (χ2v) is 7.19. The molecule has 0 bridgehead atoms. The van der Waals surface area contributed by atoms with Crippen LogP contribution in [0.4, 0.5) is 11.5 Å². The van der Waals surface area contributed by atoms with Gasteiger partial charge in [-0.15, -0.1) is 0 Å². The van der Waals surface area contributed by atoms with Gasteiger partial charge in [-0.2, -0.15) is 0 Å². The fraction of sp³-hybridized carbons (Fsp3) is 0.450. The molecule has 0 radical (unpaired) electrons. The van der Waals surface area contributed by atoms with Gasteiger partial charge in [0.1, 0.15) is 6.10 Å². The number of primary amides is 1. The Morgan fingerprint density at radius 1 is 1.14 bits per heavy atom. The van der Waals surface area contributed by atoms with Gasteiger partial charge in [0.2, 0.25) is 0 Å². The number of amides is 1. The average Bonchev–Trinajstić information content (AvgIpc) is 2.75. The largest absolute Gasteiger partial charge is 0.369 e. The molecule has 1 atom stereocenters. The van der Waals surface area contributed by atoms with Gasteiger partial charge in [0.05, 0.1) is 18.5 Å². The van der Waals surface area contributed by atoms with Gasteiger partial charge in [0, 0.05) is 18.8 Å². The number of benzene rings is 1. The van der Waals surface area contributed by atoms with Crippen molar-refractivity contribution >= 4 is 17.4 Å². The third-order valence-electron chi connectivity index (χ3n) is 5.27. The van der Waals surface area contributed by atoms with Crippen molar-refractivity contribution in [2.24, 2.45) is 5.73 Å². The number of morpholine rings is 1. The van der Waals surface area contributed by atoms with Gasteiger partial charge in [-0.05, 0) is 49.5 Å². The van der Waals surface area contributed by atoms with E-state index in [0.29, 0.717) is 30.6 Å². The monoisotopic (exact) mass is 382 g/mol. The minimum atomic E-state index is -0.615. The van der Waals surface area contributed by atoms with Crippen LogP contribution in [0.5, 0.6) is 0 Å². The molecule has 8 heteroatoms. The summed E-state index contributed by atoms with van der Waals surface area (Å²) >= 11 is 0. The molecular weight excluding hydrogens is 356 g/mol. The molecule has 2 aromatic rings. The highest BCUT2D eigenvalue weighted by atomic mass is 16.5. The predicted molar refractivity (Wildman–Crippen MR) is 107 cm³/mol. The molecule has 148 valence electrons. The smallest absolute Gasteiger partial charge is 0.271 e. The molecule has 1 aromatic heterocycles. The van der Waals surface area contributed by atoms with Crippen LogP contribution in [0.25, 0.3) is 0 Å². The molecule has 28 heavy (non-hydrogen) atoms. The number of nitrogens with zero attached hydrogens (tertiary/aromatic N) is 2. The van der Waals surface area contributed by atoms with Gasteiger partial charge in [-0.1, -0.05) is 12.1 Å². The maximum atomic E-state index is 11.8. The molecule has 4 rings (SSSR count). The number of anilines is 2. The Balaban J connectivity index is 1.54. The van der Waals surface area contributed by atoms with E-state index >= 15 is 0 Å². The Morgan fingerprint density at radius 3 is 2.61 bits per heavy atom. The normalized spacial score (nSPS) is 20.6. The first-order chi connectivity index (χ1) is 13.7. The summed E-state index contributed by atoms with van der Waals surface area (Å²) in [4.78, 5) is 20.6. The lowest BCUT2D eigenvalue weighted by Gasteiger charge is -2.24. The van der Waals surface area contributed by atoms with Crippen molar-refractivity contribution in [1.82, 2.24) is 20.6 Å². The van der Waals surface area contributed by atoms with Gasteiger partial charge < -0.3 is 26.4 Å². The van der Waals surface area contributed by atoms with E-state index in [1.54, 1.807) is 6.20 Å². The van der Waals surface area contributed by atoms with Gasteiger partial charge in [0.15, 0.2) is 11.5 Å². The number of carbonyl (C=O) groups excluding carboxylic acids is 1. The molecule has 5 N–H and O–H groups in total. The average molecular weight is 382 g/mol. The van der Waals surface area contributed by atoms with Gasteiger partial charge in [-0.25, -0.2) is 9.97 Å². The summed E-state index contributed by atoms with van der Waals surface area (Å²) in [7, 11) is 0. The predicted octanol–water partition coefficient (Wildman–Crippen LogP) is 1.45. The summed E-state index contributed by atoms with van der Waals surface area (Å²) in [5.74, 6) is 0.333. The third-order valence-corrected chi connectivity index (χ3v) is 5.27. The standard InChI is InChI=1S/C20H26N6O2/c21-19(27)18-20(26-16(11-24-18)17-12-23-9-10-28-17)25-15-3-1-13(2-4-15)14-5-7-22-8-6-14/h1-4,11,14,17,22-23H,5-10,12H2,(H2,21,27)(H,25,26). The van der Waals surface area contributed by atoms with Crippen molar-refractivity contribution in [1.29, 1.82) is 0 Å². The second kappa shape index (κ2) is 8.64. The lowest BCUT2D eigenvalue weighted by atomic mass is 9.90. The molecule has 2 fully saturated rings. The molecule has 2 saturated heterocycles. The highest BCUT2D eigenvalue weighted by Crippen LogP contribution is 2.27. The van der Waals surface area contributed by atoms with Gasteiger partial charge in [0.25, 0.3) is 5.91 Å². The first-order valence-electron chi connectivity index (χ1n) is 9.77. The Bertz CT molecular complexity index is 814. The van der Waals surface area contributed by atoms with Crippen LogP contribution in [0, 0.1) is 0 Å². The van der Waals surface area contributed by atoms with E-state index in [0.717, 1.165) is 38.2 Å². The number of ether oxygens (including phenoxy) is 1. The summed E-state index contributed by atoms with van der Waals surface area (Å²) < 4.78 is 5.74. The van der Waals surface area contributed by atoms with Crippen molar-refractivity contribution in [3.05, 3.63) is 47.4 Å². The SMILES string of the molecule is NC(=O)c1ncc(C2CNCCO2)nc1Nc1ccc(C2CCNCC2)cc1. The molecular formula is C20H26N6O2. The van der Waals surface area contributed by atoms with Crippen LogP contribution in [0.3, 0.4) is 0 Å². The Morgan fingerprint density at radius 2 is 1.93 bits per heavy atom. The molecule has 0 saturated carbocycles. The molecule has 8 nitrogen and oxygen atoms in total. The summed E-state index contributed by atoms with van der Waals surface area (Å²) in [6.07, 6.45) is 3.68. The lowest BCUT2D eigenvalue weighted by molar-refractivity contribution is 0.0248. The molecule has 1 amide bonds. The molecule has 3 heterocycles. The maximum absolute atomic E-state index is 11.8. The van der Waals surface area contributed by atoms with Crippen LogP contribution in [0.1, 0.15) is 46.6 Å². The van der Waals surface area contributed by atoms with Gasteiger partial charge in [-0.3, -0.25) is 4.79 Å². The summed E-state index contributed by atoms with van der Waals surface area (Å²) in [5.41, 5.74) is 8.46. The van der Waals surface area contributed by atoms with E-state index in [9.17, 15) is 4.79 Å². The van der Waals surface area contributed by atoms with Crippen LogP contribution in [-0.4, -0.2) is 48.7 Å². The lowest BCUT2D eigenvalue weighted by Crippen LogP contribution is -2.34. The van der Waals surface area contributed by atoms with Crippen molar-refractivity contribution in [2.75, 3.05) is 38.1 Å².